The predicted molar refractivity (Wildman–Crippen MR) is 119 cm³/mol. The summed E-state index contributed by atoms with van der Waals surface area (Å²) < 4.78 is 17.3. The summed E-state index contributed by atoms with van der Waals surface area (Å²) in [5.74, 6) is 1.79. The monoisotopic (exact) mass is 420 g/mol. The molecule has 1 aliphatic carbocycles. The second kappa shape index (κ2) is 11.7. The number of para-hydroxylation sites is 1. The fourth-order valence-corrected chi connectivity index (χ4v) is 3.51. The SMILES string of the molecule is CCOc1cccc(/C=C/C(=O)NCc2cccc(OCC#N)c2)c1OC1CCCC1. The van der Waals surface area contributed by atoms with Gasteiger partial charge in [-0.3, -0.25) is 4.79 Å². The van der Waals surface area contributed by atoms with Crippen molar-refractivity contribution in [1.82, 2.24) is 5.32 Å². The molecule has 1 aliphatic rings. The predicted octanol–water partition coefficient (Wildman–Crippen LogP) is 4.64. The molecule has 0 unspecified atom stereocenters. The zero-order chi connectivity index (χ0) is 21.9. The zero-order valence-corrected chi connectivity index (χ0v) is 17.8. The van der Waals surface area contributed by atoms with Crippen LogP contribution in [0.1, 0.15) is 43.7 Å². The number of carbonyl (C=O) groups excluding carboxylic acids is 1. The maximum absolute atomic E-state index is 12.4. The average molecular weight is 421 g/mol. The zero-order valence-electron chi connectivity index (χ0n) is 17.8. The summed E-state index contributed by atoms with van der Waals surface area (Å²) in [4.78, 5) is 12.4. The minimum absolute atomic E-state index is 0.00930. The molecule has 0 aliphatic heterocycles. The Bertz CT molecular complexity index is 943. The van der Waals surface area contributed by atoms with Crippen LogP contribution in [0.15, 0.2) is 48.5 Å². The Balaban J connectivity index is 1.64. The first-order chi connectivity index (χ1) is 15.2. The lowest BCUT2D eigenvalue weighted by Crippen LogP contribution is -2.20. The lowest BCUT2D eigenvalue weighted by atomic mass is 10.1. The first-order valence-corrected chi connectivity index (χ1v) is 10.7. The van der Waals surface area contributed by atoms with Gasteiger partial charge in [0.05, 0.1) is 12.7 Å². The smallest absolute Gasteiger partial charge is 0.244 e. The van der Waals surface area contributed by atoms with E-state index in [1.165, 1.54) is 18.9 Å². The molecule has 1 fully saturated rings. The molecule has 0 heterocycles. The molecule has 3 rings (SSSR count). The third-order valence-corrected chi connectivity index (χ3v) is 4.98. The molecular weight excluding hydrogens is 392 g/mol. The van der Waals surface area contributed by atoms with Crippen LogP contribution in [0.5, 0.6) is 17.2 Å². The lowest BCUT2D eigenvalue weighted by molar-refractivity contribution is -0.116. The quantitative estimate of drug-likeness (QED) is 0.567. The van der Waals surface area contributed by atoms with Crippen molar-refractivity contribution in [2.45, 2.75) is 45.3 Å². The average Bonchev–Trinajstić information content (AvgIpc) is 3.30. The normalized spacial score (nSPS) is 13.7. The number of ether oxygens (including phenoxy) is 3. The Morgan fingerprint density at radius 3 is 2.77 bits per heavy atom. The van der Waals surface area contributed by atoms with E-state index in [0.29, 0.717) is 30.4 Å². The number of carbonyl (C=O) groups is 1. The second-order valence-corrected chi connectivity index (χ2v) is 7.28. The van der Waals surface area contributed by atoms with Crippen molar-refractivity contribution in [3.8, 4) is 23.3 Å². The van der Waals surface area contributed by atoms with E-state index >= 15 is 0 Å². The van der Waals surface area contributed by atoms with Crippen molar-refractivity contribution in [2.24, 2.45) is 0 Å². The third kappa shape index (κ3) is 6.78. The van der Waals surface area contributed by atoms with Gasteiger partial charge in [0.1, 0.15) is 11.8 Å². The third-order valence-electron chi connectivity index (χ3n) is 4.98. The molecule has 0 bridgehead atoms. The fourth-order valence-electron chi connectivity index (χ4n) is 3.51. The topological polar surface area (TPSA) is 80.6 Å². The first-order valence-electron chi connectivity index (χ1n) is 10.7. The number of rotatable bonds is 10. The van der Waals surface area contributed by atoms with Crippen LogP contribution in [0.25, 0.3) is 6.08 Å². The van der Waals surface area contributed by atoms with Crippen LogP contribution in [0, 0.1) is 11.3 Å². The highest BCUT2D eigenvalue weighted by Crippen LogP contribution is 2.35. The number of amides is 1. The number of benzene rings is 2. The molecule has 0 atom stereocenters. The number of nitrogens with zero attached hydrogens (tertiary/aromatic N) is 1. The minimum atomic E-state index is -0.211. The van der Waals surface area contributed by atoms with Gasteiger partial charge in [-0.1, -0.05) is 24.3 Å². The number of hydrogen-bond acceptors (Lipinski definition) is 5. The largest absolute Gasteiger partial charge is 0.490 e. The number of nitriles is 1. The fraction of sp³-hybridized carbons (Fsp3) is 0.360. The van der Waals surface area contributed by atoms with E-state index in [2.05, 4.69) is 5.32 Å². The molecular formula is C25H28N2O4. The summed E-state index contributed by atoms with van der Waals surface area (Å²) in [6.07, 6.45) is 7.90. The van der Waals surface area contributed by atoms with Gasteiger partial charge in [0, 0.05) is 18.2 Å². The van der Waals surface area contributed by atoms with Crippen molar-refractivity contribution >= 4 is 12.0 Å². The molecule has 162 valence electrons. The number of hydrogen-bond donors (Lipinski definition) is 1. The lowest BCUT2D eigenvalue weighted by Gasteiger charge is -2.18. The van der Waals surface area contributed by atoms with Crippen molar-refractivity contribution in [1.29, 1.82) is 5.26 Å². The van der Waals surface area contributed by atoms with Gasteiger partial charge >= 0.3 is 0 Å². The molecule has 1 saturated carbocycles. The highest BCUT2D eigenvalue weighted by atomic mass is 16.5. The van der Waals surface area contributed by atoms with E-state index < -0.39 is 0 Å². The van der Waals surface area contributed by atoms with Crippen LogP contribution in [0.4, 0.5) is 0 Å². The van der Waals surface area contributed by atoms with Crippen LogP contribution in [0.3, 0.4) is 0 Å². The van der Waals surface area contributed by atoms with Crippen LogP contribution in [0.2, 0.25) is 0 Å². The van der Waals surface area contributed by atoms with Crippen molar-refractivity contribution in [3.63, 3.8) is 0 Å². The molecule has 6 heteroatoms. The molecule has 1 amide bonds. The highest BCUT2D eigenvalue weighted by molar-refractivity contribution is 5.92. The molecule has 0 aromatic heterocycles. The second-order valence-electron chi connectivity index (χ2n) is 7.28. The van der Waals surface area contributed by atoms with Gasteiger partial charge in [0.25, 0.3) is 0 Å². The van der Waals surface area contributed by atoms with Gasteiger partial charge in [-0.05, 0) is 62.4 Å². The van der Waals surface area contributed by atoms with Crippen LogP contribution in [-0.2, 0) is 11.3 Å². The van der Waals surface area contributed by atoms with E-state index in [-0.39, 0.29) is 18.6 Å². The van der Waals surface area contributed by atoms with E-state index in [1.807, 2.05) is 43.3 Å². The van der Waals surface area contributed by atoms with Gasteiger partial charge in [-0.15, -0.1) is 0 Å². The Hall–Kier alpha value is -3.46. The van der Waals surface area contributed by atoms with E-state index in [1.54, 1.807) is 18.2 Å². The van der Waals surface area contributed by atoms with Crippen LogP contribution in [-0.4, -0.2) is 25.2 Å². The molecule has 2 aromatic carbocycles. The van der Waals surface area contributed by atoms with Crippen molar-refractivity contribution in [3.05, 3.63) is 59.7 Å². The summed E-state index contributed by atoms with van der Waals surface area (Å²) >= 11 is 0. The van der Waals surface area contributed by atoms with E-state index in [9.17, 15) is 4.79 Å². The molecule has 0 saturated heterocycles. The highest BCUT2D eigenvalue weighted by Gasteiger charge is 2.20. The van der Waals surface area contributed by atoms with E-state index in [0.717, 1.165) is 24.0 Å². The molecule has 2 aromatic rings. The Kier molecular flexibility index (Phi) is 8.36. The minimum Gasteiger partial charge on any atom is -0.490 e. The van der Waals surface area contributed by atoms with Gasteiger partial charge < -0.3 is 19.5 Å². The molecule has 0 spiro atoms. The Morgan fingerprint density at radius 1 is 1.19 bits per heavy atom. The molecule has 0 radical (unpaired) electrons. The van der Waals surface area contributed by atoms with Crippen LogP contribution >= 0.6 is 0 Å². The van der Waals surface area contributed by atoms with Gasteiger partial charge in [-0.2, -0.15) is 5.26 Å². The van der Waals surface area contributed by atoms with Crippen molar-refractivity contribution < 1.29 is 19.0 Å². The summed E-state index contributed by atoms with van der Waals surface area (Å²) in [6, 6.07) is 15.0. The maximum Gasteiger partial charge on any atom is 0.244 e. The summed E-state index contributed by atoms with van der Waals surface area (Å²) in [5.41, 5.74) is 1.71. The van der Waals surface area contributed by atoms with Gasteiger partial charge in [-0.25, -0.2) is 0 Å². The maximum atomic E-state index is 12.4. The number of nitrogens with one attached hydrogen (secondary N) is 1. The molecule has 6 nitrogen and oxygen atoms in total. The Morgan fingerprint density at radius 2 is 2.00 bits per heavy atom. The Labute approximate surface area is 183 Å². The first kappa shape index (κ1) is 22.2. The van der Waals surface area contributed by atoms with Crippen molar-refractivity contribution in [2.75, 3.05) is 13.2 Å². The van der Waals surface area contributed by atoms with Gasteiger partial charge in [0.15, 0.2) is 18.1 Å². The molecule has 31 heavy (non-hydrogen) atoms. The standard InChI is InChI=1S/C25H28N2O4/c1-2-29-23-12-6-8-20(25(23)31-21-9-3-4-10-21)13-14-24(28)27-18-19-7-5-11-22(17-19)30-16-15-26/h5-8,11-14,17,21H,2-4,9-10,16,18H2,1H3,(H,27,28)/b14-13+. The van der Waals surface area contributed by atoms with E-state index in [4.69, 9.17) is 19.5 Å². The summed E-state index contributed by atoms with van der Waals surface area (Å²) in [5, 5.41) is 11.5. The summed E-state index contributed by atoms with van der Waals surface area (Å²) in [6.45, 7) is 2.84. The van der Waals surface area contributed by atoms with Crippen LogP contribution < -0.4 is 19.5 Å². The van der Waals surface area contributed by atoms with Gasteiger partial charge in [0.2, 0.25) is 5.91 Å². The molecule has 1 N–H and O–H groups in total. The summed E-state index contributed by atoms with van der Waals surface area (Å²) in [7, 11) is 0.